The minimum atomic E-state index is 0.267. The summed E-state index contributed by atoms with van der Waals surface area (Å²) in [6, 6.07) is 3.89. The molecule has 0 fully saturated rings. The van der Waals surface area contributed by atoms with Crippen LogP contribution in [0.4, 0.5) is 0 Å². The first kappa shape index (κ1) is 11.3. The monoisotopic (exact) mass is 213 g/mol. The van der Waals surface area contributed by atoms with Crippen molar-refractivity contribution < 1.29 is 4.74 Å². The highest BCUT2D eigenvalue weighted by Crippen LogP contribution is 2.31. The standard InChI is InChI=1S/C11H16ClNO/c1-7-4-11(14-3)9(5-10(7)12)8(2)6-13/h4-5,8H,6,13H2,1-3H3. The maximum Gasteiger partial charge on any atom is 0.122 e. The van der Waals surface area contributed by atoms with E-state index >= 15 is 0 Å². The van der Waals surface area contributed by atoms with Crippen molar-refractivity contribution in [1.82, 2.24) is 0 Å². The molecule has 0 aliphatic heterocycles. The molecule has 1 rings (SSSR count). The predicted molar refractivity (Wildman–Crippen MR) is 60.2 cm³/mol. The van der Waals surface area contributed by atoms with Crippen molar-refractivity contribution in [2.75, 3.05) is 13.7 Å². The van der Waals surface area contributed by atoms with Gasteiger partial charge in [0.05, 0.1) is 7.11 Å². The smallest absolute Gasteiger partial charge is 0.122 e. The number of ether oxygens (including phenoxy) is 1. The van der Waals surface area contributed by atoms with Crippen LogP contribution in [0.2, 0.25) is 5.02 Å². The lowest BCUT2D eigenvalue weighted by Crippen LogP contribution is -2.10. The lowest BCUT2D eigenvalue weighted by atomic mass is 9.99. The molecule has 0 spiro atoms. The fraction of sp³-hybridized carbons (Fsp3) is 0.455. The van der Waals surface area contributed by atoms with E-state index in [1.807, 2.05) is 19.1 Å². The number of aryl methyl sites for hydroxylation is 1. The van der Waals surface area contributed by atoms with Crippen LogP contribution >= 0.6 is 11.6 Å². The topological polar surface area (TPSA) is 35.2 Å². The maximum absolute atomic E-state index is 6.05. The van der Waals surface area contributed by atoms with Crippen LogP contribution in [-0.2, 0) is 0 Å². The highest BCUT2D eigenvalue weighted by Gasteiger charge is 2.12. The van der Waals surface area contributed by atoms with E-state index in [2.05, 4.69) is 6.92 Å². The van der Waals surface area contributed by atoms with Gasteiger partial charge in [-0.3, -0.25) is 0 Å². The summed E-state index contributed by atoms with van der Waals surface area (Å²) in [4.78, 5) is 0. The quantitative estimate of drug-likeness (QED) is 0.838. The predicted octanol–water partition coefficient (Wildman–Crippen LogP) is 2.72. The molecule has 1 aromatic carbocycles. The molecule has 2 nitrogen and oxygen atoms in total. The van der Waals surface area contributed by atoms with Crippen LogP contribution in [0.15, 0.2) is 12.1 Å². The first-order valence-corrected chi connectivity index (χ1v) is 5.02. The van der Waals surface area contributed by atoms with Crippen LogP contribution in [0.25, 0.3) is 0 Å². The molecular formula is C11H16ClNO. The molecular weight excluding hydrogens is 198 g/mol. The Labute approximate surface area is 90.0 Å². The number of benzene rings is 1. The Balaban J connectivity index is 3.19. The molecule has 1 aromatic rings. The van der Waals surface area contributed by atoms with Gasteiger partial charge in [-0.05, 0) is 42.6 Å². The highest BCUT2D eigenvalue weighted by molar-refractivity contribution is 6.31. The molecule has 14 heavy (non-hydrogen) atoms. The van der Waals surface area contributed by atoms with Gasteiger partial charge in [-0.15, -0.1) is 0 Å². The summed E-state index contributed by atoms with van der Waals surface area (Å²) in [6.07, 6.45) is 0. The molecule has 0 amide bonds. The summed E-state index contributed by atoms with van der Waals surface area (Å²) in [5, 5.41) is 0.765. The van der Waals surface area contributed by atoms with Gasteiger partial charge in [0.15, 0.2) is 0 Å². The van der Waals surface area contributed by atoms with E-state index < -0.39 is 0 Å². The van der Waals surface area contributed by atoms with E-state index in [0.717, 1.165) is 21.9 Å². The van der Waals surface area contributed by atoms with Crippen molar-refractivity contribution in [2.24, 2.45) is 5.73 Å². The zero-order valence-electron chi connectivity index (χ0n) is 8.80. The van der Waals surface area contributed by atoms with E-state index in [0.29, 0.717) is 6.54 Å². The first-order valence-electron chi connectivity index (χ1n) is 4.64. The van der Waals surface area contributed by atoms with Crippen LogP contribution in [0.1, 0.15) is 24.0 Å². The molecule has 0 saturated heterocycles. The molecule has 0 saturated carbocycles. The van der Waals surface area contributed by atoms with Crippen LogP contribution in [0, 0.1) is 6.92 Å². The number of hydrogen-bond donors (Lipinski definition) is 1. The van der Waals surface area contributed by atoms with E-state index in [1.165, 1.54) is 0 Å². The summed E-state index contributed by atoms with van der Waals surface area (Å²) < 4.78 is 5.29. The van der Waals surface area contributed by atoms with E-state index in [1.54, 1.807) is 7.11 Å². The second-order valence-electron chi connectivity index (χ2n) is 3.48. The summed E-state index contributed by atoms with van der Waals surface area (Å²) in [5.41, 5.74) is 7.72. The van der Waals surface area contributed by atoms with Crippen molar-refractivity contribution in [2.45, 2.75) is 19.8 Å². The van der Waals surface area contributed by atoms with Gasteiger partial charge in [0.2, 0.25) is 0 Å². The molecule has 0 radical (unpaired) electrons. The van der Waals surface area contributed by atoms with Gasteiger partial charge in [-0.25, -0.2) is 0 Å². The van der Waals surface area contributed by atoms with Gasteiger partial charge in [0, 0.05) is 5.02 Å². The molecule has 3 heteroatoms. The average molecular weight is 214 g/mol. The summed E-state index contributed by atoms with van der Waals surface area (Å²) in [7, 11) is 1.66. The number of hydrogen-bond acceptors (Lipinski definition) is 2. The van der Waals surface area contributed by atoms with Crippen LogP contribution in [0.5, 0.6) is 5.75 Å². The molecule has 0 aromatic heterocycles. The molecule has 1 atom stereocenters. The minimum absolute atomic E-state index is 0.267. The Morgan fingerprint density at radius 2 is 2.14 bits per heavy atom. The average Bonchev–Trinajstić information content (AvgIpc) is 2.20. The molecule has 0 heterocycles. The minimum Gasteiger partial charge on any atom is -0.496 e. The Hall–Kier alpha value is -0.730. The number of halogens is 1. The third-order valence-corrected chi connectivity index (χ3v) is 2.80. The van der Waals surface area contributed by atoms with Gasteiger partial charge in [0.1, 0.15) is 5.75 Å². The van der Waals surface area contributed by atoms with Gasteiger partial charge in [-0.2, -0.15) is 0 Å². The lowest BCUT2D eigenvalue weighted by Gasteiger charge is -2.15. The van der Waals surface area contributed by atoms with Crippen LogP contribution in [0.3, 0.4) is 0 Å². The fourth-order valence-corrected chi connectivity index (χ4v) is 1.53. The number of nitrogens with two attached hydrogens (primary N) is 1. The van der Waals surface area contributed by atoms with Gasteiger partial charge in [0.25, 0.3) is 0 Å². The number of methoxy groups -OCH3 is 1. The van der Waals surface area contributed by atoms with Crippen molar-refractivity contribution >= 4 is 11.6 Å². The Bertz CT molecular complexity index is 325. The summed E-state index contributed by atoms with van der Waals surface area (Å²) in [5.74, 6) is 1.13. The van der Waals surface area contributed by atoms with Crippen molar-refractivity contribution in [3.05, 3.63) is 28.3 Å². The van der Waals surface area contributed by atoms with E-state index in [-0.39, 0.29) is 5.92 Å². The normalized spacial score (nSPS) is 12.6. The fourth-order valence-electron chi connectivity index (χ4n) is 1.36. The Morgan fingerprint density at radius 3 is 2.64 bits per heavy atom. The van der Waals surface area contributed by atoms with Gasteiger partial charge < -0.3 is 10.5 Å². The molecule has 2 N–H and O–H groups in total. The van der Waals surface area contributed by atoms with E-state index in [9.17, 15) is 0 Å². The molecule has 0 aliphatic carbocycles. The zero-order chi connectivity index (χ0) is 10.7. The molecule has 0 aliphatic rings. The van der Waals surface area contributed by atoms with Crippen LogP contribution < -0.4 is 10.5 Å². The maximum atomic E-state index is 6.05. The second kappa shape index (κ2) is 4.67. The SMILES string of the molecule is COc1cc(C)c(Cl)cc1C(C)CN. The third-order valence-electron chi connectivity index (χ3n) is 2.40. The largest absolute Gasteiger partial charge is 0.496 e. The zero-order valence-corrected chi connectivity index (χ0v) is 9.56. The highest BCUT2D eigenvalue weighted by atomic mass is 35.5. The lowest BCUT2D eigenvalue weighted by molar-refractivity contribution is 0.406. The van der Waals surface area contributed by atoms with Gasteiger partial charge >= 0.3 is 0 Å². The number of rotatable bonds is 3. The summed E-state index contributed by atoms with van der Waals surface area (Å²) >= 11 is 6.05. The third kappa shape index (κ3) is 2.20. The van der Waals surface area contributed by atoms with Crippen LogP contribution in [-0.4, -0.2) is 13.7 Å². The van der Waals surface area contributed by atoms with Crippen molar-refractivity contribution in [1.29, 1.82) is 0 Å². The summed E-state index contributed by atoms with van der Waals surface area (Å²) in [6.45, 7) is 4.61. The first-order chi connectivity index (χ1) is 6.60. The van der Waals surface area contributed by atoms with E-state index in [4.69, 9.17) is 22.1 Å². The second-order valence-corrected chi connectivity index (χ2v) is 3.89. The van der Waals surface area contributed by atoms with Crippen molar-refractivity contribution in [3.8, 4) is 5.75 Å². The molecule has 1 unspecified atom stereocenters. The Morgan fingerprint density at radius 1 is 1.50 bits per heavy atom. The van der Waals surface area contributed by atoms with Crippen molar-refractivity contribution in [3.63, 3.8) is 0 Å². The van der Waals surface area contributed by atoms with Gasteiger partial charge in [-0.1, -0.05) is 18.5 Å². The Kier molecular flexibility index (Phi) is 3.78. The molecule has 0 bridgehead atoms. The molecule has 78 valence electrons.